The van der Waals surface area contributed by atoms with Crippen LogP contribution in [0.3, 0.4) is 0 Å². The molecule has 0 radical (unpaired) electrons. The second kappa shape index (κ2) is 7.31. The lowest BCUT2D eigenvalue weighted by Gasteiger charge is -2.33. The molecule has 2 aliphatic heterocycles. The van der Waals surface area contributed by atoms with E-state index in [2.05, 4.69) is 22.0 Å². The molecule has 0 aliphatic carbocycles. The highest BCUT2D eigenvalue weighted by molar-refractivity contribution is 9.10. The Balaban J connectivity index is 1.53. The summed E-state index contributed by atoms with van der Waals surface area (Å²) in [6, 6.07) is 9.45. The first-order valence-electron chi connectivity index (χ1n) is 9.02. The van der Waals surface area contributed by atoms with Gasteiger partial charge in [-0.05, 0) is 62.1 Å². The third kappa shape index (κ3) is 3.60. The monoisotopic (exact) mass is 468 g/mol. The predicted molar refractivity (Wildman–Crippen MR) is 111 cm³/mol. The van der Waals surface area contributed by atoms with Gasteiger partial charge in [0.2, 0.25) is 5.91 Å². The summed E-state index contributed by atoms with van der Waals surface area (Å²) < 4.78 is 28.7. The second-order valence-corrected chi connectivity index (χ2v) is 11.4. The van der Waals surface area contributed by atoms with Gasteiger partial charge in [-0.1, -0.05) is 15.9 Å². The SMILES string of the molecule is Cc1ccc(S(=O)(=O)N2CCCC(C(=O)N3CCc4cc(Br)ccc43)C2)s1. The fourth-order valence-electron chi connectivity index (χ4n) is 3.86. The van der Waals surface area contributed by atoms with Crippen LogP contribution in [0, 0.1) is 12.8 Å². The zero-order valence-electron chi connectivity index (χ0n) is 15.0. The zero-order valence-corrected chi connectivity index (χ0v) is 18.2. The van der Waals surface area contributed by atoms with Gasteiger partial charge in [0, 0.05) is 34.7 Å². The molecule has 1 amide bonds. The summed E-state index contributed by atoms with van der Waals surface area (Å²) in [4.78, 5) is 16.0. The average molecular weight is 469 g/mol. The van der Waals surface area contributed by atoms with E-state index in [1.165, 1.54) is 15.6 Å². The number of aryl methyl sites for hydroxylation is 1. The van der Waals surface area contributed by atoms with E-state index in [1.807, 2.05) is 30.0 Å². The van der Waals surface area contributed by atoms with E-state index in [9.17, 15) is 13.2 Å². The lowest BCUT2D eigenvalue weighted by molar-refractivity contribution is -0.123. The fourth-order valence-corrected chi connectivity index (χ4v) is 7.23. The number of carbonyl (C=O) groups excluding carboxylic acids is 1. The van der Waals surface area contributed by atoms with E-state index >= 15 is 0 Å². The van der Waals surface area contributed by atoms with Crippen LogP contribution in [0.15, 0.2) is 39.0 Å². The molecule has 4 rings (SSSR count). The number of hydrogen-bond donors (Lipinski definition) is 0. The number of piperidine rings is 1. The molecular formula is C19H21BrN2O3S2. The van der Waals surface area contributed by atoms with E-state index in [0.29, 0.717) is 23.7 Å². The van der Waals surface area contributed by atoms with Gasteiger partial charge in [-0.15, -0.1) is 11.3 Å². The highest BCUT2D eigenvalue weighted by Gasteiger charge is 2.37. The van der Waals surface area contributed by atoms with Crippen molar-refractivity contribution in [1.29, 1.82) is 0 Å². The van der Waals surface area contributed by atoms with Gasteiger partial charge in [-0.2, -0.15) is 4.31 Å². The molecule has 1 saturated heterocycles. The number of amides is 1. The van der Waals surface area contributed by atoms with Crippen LogP contribution in [-0.4, -0.2) is 38.3 Å². The Morgan fingerprint density at radius 2 is 2.04 bits per heavy atom. The number of halogens is 1. The van der Waals surface area contributed by atoms with Gasteiger partial charge in [-0.3, -0.25) is 4.79 Å². The Kier molecular flexibility index (Phi) is 5.18. The van der Waals surface area contributed by atoms with Gasteiger partial charge in [0.15, 0.2) is 0 Å². The van der Waals surface area contributed by atoms with Crippen molar-refractivity contribution in [2.45, 2.75) is 30.4 Å². The lowest BCUT2D eigenvalue weighted by atomic mass is 9.98. The maximum Gasteiger partial charge on any atom is 0.252 e. The van der Waals surface area contributed by atoms with Crippen molar-refractivity contribution in [3.63, 3.8) is 0 Å². The number of sulfonamides is 1. The number of thiophene rings is 1. The van der Waals surface area contributed by atoms with Crippen LogP contribution in [0.5, 0.6) is 0 Å². The molecule has 144 valence electrons. The standard InChI is InChI=1S/C19H21BrN2O3S2/c1-13-4-7-18(26-13)27(24,25)21-9-2-3-15(12-21)19(23)22-10-8-14-11-16(20)5-6-17(14)22/h4-7,11,15H,2-3,8-10,12H2,1H3. The number of anilines is 1. The quantitative estimate of drug-likeness (QED) is 0.687. The van der Waals surface area contributed by atoms with E-state index in [4.69, 9.17) is 0 Å². The summed E-state index contributed by atoms with van der Waals surface area (Å²) >= 11 is 4.76. The molecule has 0 spiro atoms. The van der Waals surface area contributed by atoms with Crippen LogP contribution in [0.2, 0.25) is 0 Å². The summed E-state index contributed by atoms with van der Waals surface area (Å²) in [5.74, 6) is -0.248. The van der Waals surface area contributed by atoms with Gasteiger partial charge >= 0.3 is 0 Å². The number of fused-ring (bicyclic) bond motifs is 1. The van der Waals surface area contributed by atoms with Crippen molar-refractivity contribution in [3.8, 4) is 0 Å². The lowest BCUT2D eigenvalue weighted by Crippen LogP contribution is -2.46. The minimum atomic E-state index is -3.52. The second-order valence-electron chi connectivity index (χ2n) is 7.08. The van der Waals surface area contributed by atoms with Crippen molar-refractivity contribution in [1.82, 2.24) is 4.31 Å². The minimum absolute atomic E-state index is 0.0401. The van der Waals surface area contributed by atoms with E-state index < -0.39 is 10.0 Å². The molecule has 0 bridgehead atoms. The molecule has 3 heterocycles. The first-order valence-corrected chi connectivity index (χ1v) is 12.1. The smallest absolute Gasteiger partial charge is 0.252 e. The first-order chi connectivity index (χ1) is 12.9. The van der Waals surface area contributed by atoms with E-state index in [-0.39, 0.29) is 18.4 Å². The molecule has 1 aromatic heterocycles. The molecule has 1 unspecified atom stereocenters. The van der Waals surface area contributed by atoms with Gasteiger partial charge in [0.25, 0.3) is 10.0 Å². The highest BCUT2D eigenvalue weighted by atomic mass is 79.9. The maximum absolute atomic E-state index is 13.2. The number of benzene rings is 1. The first kappa shape index (κ1) is 19.1. The molecular weight excluding hydrogens is 448 g/mol. The van der Waals surface area contributed by atoms with Crippen LogP contribution in [0.25, 0.3) is 0 Å². The number of hydrogen-bond acceptors (Lipinski definition) is 4. The Morgan fingerprint density at radius 3 is 2.78 bits per heavy atom. The molecule has 1 fully saturated rings. The van der Waals surface area contributed by atoms with Crippen molar-refractivity contribution >= 4 is 48.9 Å². The summed E-state index contributed by atoms with van der Waals surface area (Å²) in [5.41, 5.74) is 2.11. The minimum Gasteiger partial charge on any atom is -0.312 e. The maximum atomic E-state index is 13.2. The van der Waals surface area contributed by atoms with Crippen molar-refractivity contribution in [3.05, 3.63) is 45.2 Å². The third-order valence-electron chi connectivity index (χ3n) is 5.25. The Labute approximate surface area is 172 Å². The van der Waals surface area contributed by atoms with Gasteiger partial charge in [0.05, 0.1) is 5.92 Å². The highest BCUT2D eigenvalue weighted by Crippen LogP contribution is 2.34. The van der Waals surface area contributed by atoms with Crippen LogP contribution in [0.1, 0.15) is 23.3 Å². The number of rotatable bonds is 3. The number of nitrogens with zero attached hydrogens (tertiary/aromatic N) is 2. The van der Waals surface area contributed by atoms with Gasteiger partial charge < -0.3 is 4.90 Å². The van der Waals surface area contributed by atoms with Crippen LogP contribution in [-0.2, 0) is 21.2 Å². The van der Waals surface area contributed by atoms with Crippen molar-refractivity contribution in [2.75, 3.05) is 24.5 Å². The molecule has 1 atom stereocenters. The molecule has 1 aromatic carbocycles. The molecule has 2 aliphatic rings. The van der Waals surface area contributed by atoms with Gasteiger partial charge in [0.1, 0.15) is 4.21 Å². The van der Waals surface area contributed by atoms with Crippen LogP contribution >= 0.6 is 27.3 Å². The molecule has 8 heteroatoms. The largest absolute Gasteiger partial charge is 0.312 e. The topological polar surface area (TPSA) is 57.7 Å². The summed E-state index contributed by atoms with van der Waals surface area (Å²) in [7, 11) is -3.52. The van der Waals surface area contributed by atoms with E-state index in [0.717, 1.165) is 33.4 Å². The normalized spacial score (nSPS) is 20.7. The summed E-state index contributed by atoms with van der Waals surface area (Å²) in [5, 5.41) is 0. The van der Waals surface area contributed by atoms with Crippen molar-refractivity contribution < 1.29 is 13.2 Å². The molecule has 5 nitrogen and oxygen atoms in total. The number of carbonyl (C=O) groups is 1. The fraction of sp³-hybridized carbons (Fsp3) is 0.421. The Morgan fingerprint density at radius 1 is 1.22 bits per heavy atom. The molecule has 2 aromatic rings. The van der Waals surface area contributed by atoms with Crippen LogP contribution < -0.4 is 4.90 Å². The summed E-state index contributed by atoms with van der Waals surface area (Å²) in [6.07, 6.45) is 2.28. The average Bonchev–Trinajstić information content (AvgIpc) is 3.27. The van der Waals surface area contributed by atoms with Crippen molar-refractivity contribution in [2.24, 2.45) is 5.92 Å². The Bertz CT molecular complexity index is 987. The summed E-state index contributed by atoms with van der Waals surface area (Å²) in [6.45, 7) is 3.31. The predicted octanol–water partition coefficient (Wildman–Crippen LogP) is 3.81. The zero-order chi connectivity index (χ0) is 19.2. The molecule has 27 heavy (non-hydrogen) atoms. The Hall–Kier alpha value is -1.22. The van der Waals surface area contributed by atoms with Gasteiger partial charge in [-0.25, -0.2) is 8.42 Å². The molecule has 0 saturated carbocycles. The van der Waals surface area contributed by atoms with Crippen LogP contribution in [0.4, 0.5) is 5.69 Å². The molecule has 0 N–H and O–H groups in total. The third-order valence-corrected chi connectivity index (χ3v) is 9.07. The van der Waals surface area contributed by atoms with E-state index in [1.54, 1.807) is 6.07 Å².